The Balaban J connectivity index is 1.19. The van der Waals surface area contributed by atoms with Crippen LogP contribution < -0.4 is 14.4 Å². The monoisotopic (exact) mass is 1020 g/mol. The maximum absolute atomic E-state index is 13.5. The first kappa shape index (κ1) is 60.0. The first-order valence-electron chi connectivity index (χ1n) is 26.8. The normalized spacial score (nSPS) is 12.6. The minimum absolute atomic E-state index is 0.0200. The minimum atomic E-state index is -0.885. The number of carbonyl (C=O) groups excluding carboxylic acids is 2. The zero-order chi connectivity index (χ0) is 53.6. The van der Waals surface area contributed by atoms with E-state index >= 15 is 0 Å². The van der Waals surface area contributed by atoms with Gasteiger partial charge in [0.15, 0.2) is 0 Å². The van der Waals surface area contributed by atoms with Crippen LogP contribution in [-0.4, -0.2) is 57.4 Å². The lowest BCUT2D eigenvalue weighted by Crippen LogP contribution is -2.39. The van der Waals surface area contributed by atoms with Gasteiger partial charge in [-0.1, -0.05) is 110 Å². The van der Waals surface area contributed by atoms with Gasteiger partial charge in [-0.2, -0.15) is 20.5 Å². The molecule has 4 aromatic rings. The van der Waals surface area contributed by atoms with Crippen LogP contribution in [-0.2, 0) is 19.1 Å². The quantitative estimate of drug-likeness (QED) is 0.0140. The van der Waals surface area contributed by atoms with Crippen molar-refractivity contribution >= 4 is 57.4 Å². The molecule has 16 nitrogen and oxygen atoms in total. The molecule has 16 heteroatoms. The zero-order valence-corrected chi connectivity index (χ0v) is 45.5. The Hall–Kier alpha value is -6.58. The van der Waals surface area contributed by atoms with Crippen molar-refractivity contribution in [2.45, 2.75) is 157 Å². The van der Waals surface area contributed by atoms with Gasteiger partial charge in [-0.05, 0) is 108 Å². The SMILES string of the molecule is CCCCCCCCCCCCCCCCCCOC(=O)C(C)(CC)CC(C)(C)C(=O)OCCN(CC)c1ccc(/N=N/c2cc(OC)c(/N=N/c3ccc(/N=N/c4ccc([N+](=O)[O-])cc4)cc3)cc2OC)cc1. The number of nitrogens with zero attached hydrogens (tertiary/aromatic N) is 8. The van der Waals surface area contributed by atoms with E-state index in [1.54, 1.807) is 36.4 Å². The van der Waals surface area contributed by atoms with E-state index in [1.165, 1.54) is 128 Å². The fraction of sp³-hybridized carbons (Fsp3) is 0.552. The summed E-state index contributed by atoms with van der Waals surface area (Å²) < 4.78 is 22.9. The Bertz CT molecular complexity index is 2390. The van der Waals surface area contributed by atoms with Crippen LogP contribution in [0.1, 0.15) is 157 Å². The van der Waals surface area contributed by atoms with Crippen molar-refractivity contribution in [1.29, 1.82) is 0 Å². The second-order valence-electron chi connectivity index (χ2n) is 19.7. The molecule has 0 saturated heterocycles. The second kappa shape index (κ2) is 32.6. The molecule has 0 aliphatic carbocycles. The number of benzene rings is 4. The molecule has 4 aromatic carbocycles. The first-order valence-corrected chi connectivity index (χ1v) is 26.8. The molecule has 0 fully saturated rings. The molecule has 0 N–H and O–H groups in total. The summed E-state index contributed by atoms with van der Waals surface area (Å²) in [7, 11) is 3.05. The van der Waals surface area contributed by atoms with Crippen molar-refractivity contribution in [2.75, 3.05) is 45.4 Å². The van der Waals surface area contributed by atoms with Crippen molar-refractivity contribution in [3.8, 4) is 11.5 Å². The van der Waals surface area contributed by atoms with Gasteiger partial charge < -0.3 is 23.8 Å². The van der Waals surface area contributed by atoms with Gasteiger partial charge in [0.25, 0.3) is 5.69 Å². The van der Waals surface area contributed by atoms with E-state index in [2.05, 4.69) is 42.5 Å². The maximum atomic E-state index is 13.5. The van der Waals surface area contributed by atoms with Crippen LogP contribution in [0.2, 0.25) is 0 Å². The Kier molecular flexibility index (Phi) is 26.4. The summed E-state index contributed by atoms with van der Waals surface area (Å²) in [6.07, 6.45) is 21.6. The van der Waals surface area contributed by atoms with Crippen LogP contribution in [0.25, 0.3) is 0 Å². The van der Waals surface area contributed by atoms with Crippen LogP contribution >= 0.6 is 0 Å². The summed E-state index contributed by atoms with van der Waals surface area (Å²) >= 11 is 0. The van der Waals surface area contributed by atoms with Crippen LogP contribution in [0.15, 0.2) is 116 Å². The molecular formula is C58H82N8O8. The number of azo groups is 3. The van der Waals surface area contributed by atoms with E-state index in [4.69, 9.17) is 18.9 Å². The predicted molar refractivity (Wildman–Crippen MR) is 294 cm³/mol. The first-order chi connectivity index (χ1) is 35.7. The molecule has 0 aliphatic rings. The largest absolute Gasteiger partial charge is 0.494 e. The second-order valence-corrected chi connectivity index (χ2v) is 19.7. The molecule has 4 rings (SSSR count). The van der Waals surface area contributed by atoms with Crippen LogP contribution in [0.5, 0.6) is 11.5 Å². The third-order valence-corrected chi connectivity index (χ3v) is 13.3. The molecule has 0 spiro atoms. The average Bonchev–Trinajstić information content (AvgIpc) is 3.41. The average molecular weight is 1020 g/mol. The summed E-state index contributed by atoms with van der Waals surface area (Å²) in [5.74, 6) is 0.238. The highest BCUT2D eigenvalue weighted by Crippen LogP contribution is 2.42. The van der Waals surface area contributed by atoms with Crippen molar-refractivity contribution in [1.82, 2.24) is 0 Å². The van der Waals surface area contributed by atoms with Crippen molar-refractivity contribution in [3.05, 3.63) is 95.0 Å². The van der Waals surface area contributed by atoms with Gasteiger partial charge in [-0.15, -0.1) is 10.2 Å². The number of nitro benzene ring substituents is 1. The van der Waals surface area contributed by atoms with Gasteiger partial charge in [-0.3, -0.25) is 19.7 Å². The number of hydrogen-bond acceptors (Lipinski definition) is 15. The molecule has 0 heterocycles. The third kappa shape index (κ3) is 20.7. The smallest absolute Gasteiger partial charge is 0.311 e. The molecule has 402 valence electrons. The number of non-ortho nitro benzene ring substituents is 1. The fourth-order valence-electron chi connectivity index (χ4n) is 8.61. The summed E-state index contributed by atoms with van der Waals surface area (Å²) in [5, 5.41) is 36.8. The van der Waals surface area contributed by atoms with Crippen molar-refractivity contribution < 1.29 is 33.5 Å². The van der Waals surface area contributed by atoms with Gasteiger partial charge in [0.05, 0.1) is 65.9 Å². The van der Waals surface area contributed by atoms with E-state index in [0.29, 0.717) is 78.2 Å². The number of carbonyl (C=O) groups is 2. The topological polar surface area (TPSA) is 192 Å². The molecule has 0 aliphatic heterocycles. The Morgan fingerprint density at radius 2 is 0.932 bits per heavy atom. The summed E-state index contributed by atoms with van der Waals surface area (Å²) in [6, 6.07) is 23.6. The number of rotatable bonds is 36. The van der Waals surface area contributed by atoms with E-state index in [9.17, 15) is 19.7 Å². The summed E-state index contributed by atoms with van der Waals surface area (Å²) in [4.78, 5) is 39.4. The van der Waals surface area contributed by atoms with Gasteiger partial charge in [0.2, 0.25) is 0 Å². The molecular weight excluding hydrogens is 937 g/mol. The number of nitro groups is 1. The lowest BCUT2D eigenvalue weighted by atomic mass is 9.72. The van der Waals surface area contributed by atoms with E-state index in [0.717, 1.165) is 18.5 Å². The number of methoxy groups -OCH3 is 2. The Morgan fingerprint density at radius 3 is 1.34 bits per heavy atom. The van der Waals surface area contributed by atoms with Gasteiger partial charge in [0, 0.05) is 36.5 Å². The molecule has 0 amide bonds. The number of likely N-dealkylation sites (N-methyl/N-ethyl adjacent to an activating group) is 1. The van der Waals surface area contributed by atoms with E-state index in [-0.39, 0.29) is 24.2 Å². The van der Waals surface area contributed by atoms with Gasteiger partial charge in [0.1, 0.15) is 29.5 Å². The lowest BCUT2D eigenvalue weighted by molar-refractivity contribution is -0.384. The van der Waals surface area contributed by atoms with Crippen molar-refractivity contribution in [3.63, 3.8) is 0 Å². The molecule has 74 heavy (non-hydrogen) atoms. The highest BCUT2D eigenvalue weighted by atomic mass is 16.6. The van der Waals surface area contributed by atoms with E-state index < -0.39 is 15.8 Å². The third-order valence-electron chi connectivity index (χ3n) is 13.3. The highest BCUT2D eigenvalue weighted by molar-refractivity contribution is 5.80. The van der Waals surface area contributed by atoms with E-state index in [1.807, 2.05) is 58.9 Å². The number of ether oxygens (including phenoxy) is 4. The van der Waals surface area contributed by atoms with Gasteiger partial charge in [-0.25, -0.2) is 0 Å². The zero-order valence-electron chi connectivity index (χ0n) is 45.5. The lowest BCUT2D eigenvalue weighted by Gasteiger charge is -2.34. The van der Waals surface area contributed by atoms with Crippen molar-refractivity contribution in [2.24, 2.45) is 41.5 Å². The molecule has 0 radical (unpaired) electrons. The molecule has 0 aromatic heterocycles. The number of esters is 2. The standard InChI is InChI=1S/C58H82N8O8/c1-9-12-13-14-15-16-17-18-19-20-21-22-23-24-25-26-40-73-56(68)58(6,10-2)44-57(4,5)55(67)74-41-39-65(11-3)49-35-31-48(32-36-49)62-64-52-43-53(71-7)51(42-54(52)72-8)63-61-46-29-27-45(28-30-46)59-60-47-33-37-50(38-34-47)66(69)70/h27-38,42-43H,9-26,39-41,44H2,1-8H3/b60-59+,63-61+,64-62+. The maximum Gasteiger partial charge on any atom is 0.311 e. The van der Waals surface area contributed by atoms with Gasteiger partial charge >= 0.3 is 11.9 Å². The summed E-state index contributed by atoms with van der Waals surface area (Å²) in [6.45, 7) is 13.6. The van der Waals surface area contributed by atoms with Crippen LogP contribution in [0, 0.1) is 20.9 Å². The number of hydrogen-bond donors (Lipinski definition) is 0. The molecule has 0 bridgehead atoms. The molecule has 1 atom stereocenters. The minimum Gasteiger partial charge on any atom is -0.494 e. The molecule has 0 saturated carbocycles. The fourth-order valence-corrected chi connectivity index (χ4v) is 8.61. The number of anilines is 1. The number of unbranched alkanes of at least 4 members (excludes halogenated alkanes) is 15. The summed E-state index contributed by atoms with van der Waals surface area (Å²) in [5.41, 5.74) is 2.29. The Labute approximate surface area is 440 Å². The Morgan fingerprint density at radius 1 is 0.541 bits per heavy atom. The molecule has 1 unspecified atom stereocenters. The highest BCUT2D eigenvalue weighted by Gasteiger charge is 2.43. The predicted octanol–water partition coefficient (Wildman–Crippen LogP) is 17.9. The van der Waals surface area contributed by atoms with Crippen LogP contribution in [0.3, 0.4) is 0 Å². The van der Waals surface area contributed by atoms with Crippen LogP contribution in [0.4, 0.5) is 45.5 Å².